The van der Waals surface area contributed by atoms with Crippen molar-refractivity contribution in [3.63, 3.8) is 0 Å². The van der Waals surface area contributed by atoms with Crippen LogP contribution >= 0.6 is 0 Å². The number of nitrogens with two attached hydrogens (primary N) is 1. The second-order valence-electron chi connectivity index (χ2n) is 4.30. The van der Waals surface area contributed by atoms with Gasteiger partial charge in [-0.05, 0) is 24.3 Å². The number of rotatable bonds is 5. The van der Waals surface area contributed by atoms with Gasteiger partial charge in [0.2, 0.25) is 5.91 Å². The zero-order valence-corrected chi connectivity index (χ0v) is 10.5. The van der Waals surface area contributed by atoms with Gasteiger partial charge in [0.25, 0.3) is 0 Å². The fourth-order valence-corrected chi connectivity index (χ4v) is 1.95. The fraction of sp³-hybridized carbons (Fsp3) is 0.462. The number of nitrogens with zero attached hydrogens (tertiary/aromatic N) is 1. The van der Waals surface area contributed by atoms with E-state index in [2.05, 4.69) is 0 Å². The summed E-state index contributed by atoms with van der Waals surface area (Å²) >= 11 is 0. The lowest BCUT2D eigenvalue weighted by atomic mass is 10.3. The summed E-state index contributed by atoms with van der Waals surface area (Å²) in [6, 6.07) is 7.38. The molecule has 18 heavy (non-hydrogen) atoms. The van der Waals surface area contributed by atoms with E-state index in [1.807, 2.05) is 24.3 Å². The molecule has 1 heterocycles. The zero-order valence-electron chi connectivity index (χ0n) is 10.5. The van der Waals surface area contributed by atoms with Gasteiger partial charge >= 0.3 is 0 Å². The minimum atomic E-state index is -0.0601. The van der Waals surface area contributed by atoms with Gasteiger partial charge in [0.1, 0.15) is 12.4 Å². The molecule has 0 saturated carbocycles. The summed E-state index contributed by atoms with van der Waals surface area (Å²) in [6.45, 7) is 1.66. The van der Waals surface area contributed by atoms with E-state index < -0.39 is 0 Å². The predicted octanol–water partition coefficient (Wildman–Crippen LogP) is 0.776. The van der Waals surface area contributed by atoms with Crippen molar-refractivity contribution in [2.75, 3.05) is 31.8 Å². The van der Waals surface area contributed by atoms with Gasteiger partial charge in [0.05, 0.1) is 6.61 Å². The molecular weight excluding hydrogens is 232 g/mol. The molecule has 5 nitrogen and oxygen atoms in total. The van der Waals surface area contributed by atoms with Crippen molar-refractivity contribution in [2.45, 2.75) is 12.5 Å². The standard InChI is InChI=1S/C13H18N2O3/c1-17-6-7-18-12-4-2-11(3-5-12)15-9-10(14)8-13(15)16/h2-5,10H,6-9,14H2,1H3. The largest absolute Gasteiger partial charge is 0.491 e. The Balaban J connectivity index is 1.97. The molecule has 5 heteroatoms. The summed E-state index contributed by atoms with van der Waals surface area (Å²) in [6.07, 6.45) is 0.423. The number of methoxy groups -OCH3 is 1. The van der Waals surface area contributed by atoms with Gasteiger partial charge in [-0.15, -0.1) is 0 Å². The summed E-state index contributed by atoms with van der Waals surface area (Å²) in [4.78, 5) is 13.4. The minimum Gasteiger partial charge on any atom is -0.491 e. The molecule has 1 aromatic rings. The number of ether oxygens (including phenoxy) is 2. The van der Waals surface area contributed by atoms with Crippen LogP contribution in [-0.4, -0.2) is 38.8 Å². The topological polar surface area (TPSA) is 64.8 Å². The maximum Gasteiger partial charge on any atom is 0.228 e. The molecule has 1 saturated heterocycles. The van der Waals surface area contributed by atoms with Gasteiger partial charge in [-0.25, -0.2) is 0 Å². The van der Waals surface area contributed by atoms with Crippen molar-refractivity contribution < 1.29 is 14.3 Å². The molecule has 2 N–H and O–H groups in total. The normalized spacial score (nSPS) is 19.3. The van der Waals surface area contributed by atoms with E-state index in [4.69, 9.17) is 15.2 Å². The molecule has 2 rings (SSSR count). The lowest BCUT2D eigenvalue weighted by Gasteiger charge is -2.16. The quantitative estimate of drug-likeness (QED) is 0.784. The fourth-order valence-electron chi connectivity index (χ4n) is 1.95. The highest BCUT2D eigenvalue weighted by atomic mass is 16.5. The second kappa shape index (κ2) is 5.84. The van der Waals surface area contributed by atoms with Crippen LogP contribution in [-0.2, 0) is 9.53 Å². The van der Waals surface area contributed by atoms with E-state index in [9.17, 15) is 4.79 Å². The molecule has 1 aromatic carbocycles. The van der Waals surface area contributed by atoms with Crippen molar-refractivity contribution in [3.05, 3.63) is 24.3 Å². The Morgan fingerprint density at radius 1 is 1.33 bits per heavy atom. The van der Waals surface area contributed by atoms with Gasteiger partial charge in [-0.3, -0.25) is 4.79 Å². The van der Waals surface area contributed by atoms with Gasteiger partial charge in [0, 0.05) is 31.8 Å². The van der Waals surface area contributed by atoms with Crippen molar-refractivity contribution >= 4 is 11.6 Å². The average molecular weight is 250 g/mol. The molecule has 1 fully saturated rings. The third-order valence-electron chi connectivity index (χ3n) is 2.86. The van der Waals surface area contributed by atoms with E-state index in [0.717, 1.165) is 11.4 Å². The highest BCUT2D eigenvalue weighted by Crippen LogP contribution is 2.23. The maximum atomic E-state index is 11.7. The lowest BCUT2D eigenvalue weighted by Crippen LogP contribution is -2.27. The van der Waals surface area contributed by atoms with E-state index >= 15 is 0 Å². The molecule has 1 aliphatic rings. The highest BCUT2D eigenvalue weighted by Gasteiger charge is 2.27. The van der Waals surface area contributed by atoms with E-state index in [0.29, 0.717) is 26.2 Å². The van der Waals surface area contributed by atoms with Crippen molar-refractivity contribution in [1.29, 1.82) is 0 Å². The summed E-state index contributed by atoms with van der Waals surface area (Å²) in [7, 11) is 1.63. The predicted molar refractivity (Wildman–Crippen MR) is 68.8 cm³/mol. The van der Waals surface area contributed by atoms with Gasteiger partial charge < -0.3 is 20.1 Å². The van der Waals surface area contributed by atoms with E-state index in [1.165, 1.54) is 0 Å². The first kappa shape index (κ1) is 12.9. The smallest absolute Gasteiger partial charge is 0.228 e. The molecule has 1 atom stereocenters. The molecular formula is C13H18N2O3. The van der Waals surface area contributed by atoms with Crippen molar-refractivity contribution in [1.82, 2.24) is 0 Å². The first-order chi connectivity index (χ1) is 8.70. The first-order valence-electron chi connectivity index (χ1n) is 5.98. The molecule has 1 amide bonds. The van der Waals surface area contributed by atoms with Crippen LogP contribution in [0.2, 0.25) is 0 Å². The van der Waals surface area contributed by atoms with E-state index in [1.54, 1.807) is 12.0 Å². The first-order valence-corrected chi connectivity index (χ1v) is 5.98. The molecule has 0 aliphatic carbocycles. The van der Waals surface area contributed by atoms with Crippen LogP contribution in [0.15, 0.2) is 24.3 Å². The second-order valence-corrected chi connectivity index (χ2v) is 4.30. The van der Waals surface area contributed by atoms with Crippen LogP contribution in [0.25, 0.3) is 0 Å². The Morgan fingerprint density at radius 2 is 2.06 bits per heavy atom. The van der Waals surface area contributed by atoms with Gasteiger partial charge in [0.15, 0.2) is 0 Å². The lowest BCUT2D eigenvalue weighted by molar-refractivity contribution is -0.117. The Morgan fingerprint density at radius 3 is 2.61 bits per heavy atom. The highest BCUT2D eigenvalue weighted by molar-refractivity contribution is 5.96. The Bertz CT molecular complexity index is 405. The summed E-state index contributed by atoms with van der Waals surface area (Å²) < 4.78 is 10.4. The number of amides is 1. The Hall–Kier alpha value is -1.59. The number of benzene rings is 1. The number of hydrogen-bond acceptors (Lipinski definition) is 4. The third kappa shape index (κ3) is 3.00. The van der Waals surface area contributed by atoms with Crippen molar-refractivity contribution in [3.8, 4) is 5.75 Å². The Labute approximate surface area is 106 Å². The third-order valence-corrected chi connectivity index (χ3v) is 2.86. The maximum absolute atomic E-state index is 11.7. The SMILES string of the molecule is COCCOc1ccc(N2CC(N)CC2=O)cc1. The van der Waals surface area contributed by atoms with Crippen molar-refractivity contribution in [2.24, 2.45) is 5.73 Å². The molecule has 1 unspecified atom stereocenters. The molecule has 98 valence electrons. The summed E-state index contributed by atoms with van der Waals surface area (Å²) in [5.74, 6) is 0.849. The Kier molecular flexibility index (Phi) is 4.17. The summed E-state index contributed by atoms with van der Waals surface area (Å²) in [5, 5.41) is 0. The number of carbonyl (C=O) groups is 1. The molecule has 0 bridgehead atoms. The van der Waals surface area contributed by atoms with Crippen LogP contribution in [0.5, 0.6) is 5.75 Å². The summed E-state index contributed by atoms with van der Waals surface area (Å²) in [5.41, 5.74) is 6.63. The number of carbonyl (C=O) groups excluding carboxylic acids is 1. The van der Waals surface area contributed by atoms with Gasteiger partial charge in [-0.1, -0.05) is 0 Å². The average Bonchev–Trinajstić information content (AvgIpc) is 2.70. The number of hydrogen-bond donors (Lipinski definition) is 1. The van der Waals surface area contributed by atoms with Crippen LogP contribution in [0.3, 0.4) is 0 Å². The molecule has 1 aliphatic heterocycles. The van der Waals surface area contributed by atoms with E-state index in [-0.39, 0.29) is 11.9 Å². The monoisotopic (exact) mass is 250 g/mol. The minimum absolute atomic E-state index is 0.0601. The number of anilines is 1. The van der Waals surface area contributed by atoms with Crippen LogP contribution in [0.1, 0.15) is 6.42 Å². The van der Waals surface area contributed by atoms with Crippen LogP contribution < -0.4 is 15.4 Å². The van der Waals surface area contributed by atoms with Crippen LogP contribution in [0.4, 0.5) is 5.69 Å². The zero-order chi connectivity index (χ0) is 13.0. The van der Waals surface area contributed by atoms with Gasteiger partial charge in [-0.2, -0.15) is 0 Å². The molecule has 0 spiro atoms. The van der Waals surface area contributed by atoms with Crippen LogP contribution in [0, 0.1) is 0 Å². The molecule has 0 aromatic heterocycles. The molecule has 0 radical (unpaired) electrons.